The highest BCUT2D eigenvalue weighted by Gasteiger charge is 2.11. The molecule has 0 aliphatic carbocycles. The minimum atomic E-state index is -0.923. The predicted octanol–water partition coefficient (Wildman–Crippen LogP) is 1.66. The van der Waals surface area contributed by atoms with E-state index in [0.29, 0.717) is 22.7 Å². The first-order valence-corrected chi connectivity index (χ1v) is 14.4. The molecule has 4 aromatic carbocycles. The van der Waals surface area contributed by atoms with Crippen LogP contribution in [0.1, 0.15) is 20.7 Å². The average Bonchev–Trinajstić information content (AvgIpc) is 3.08. The van der Waals surface area contributed by atoms with Gasteiger partial charge in [-0.1, -0.05) is 0 Å². The summed E-state index contributed by atoms with van der Waals surface area (Å²) in [5.74, 6) is -0.894. The molecule has 6 N–H and O–H groups in total. The second kappa shape index (κ2) is 13.5. The van der Waals surface area contributed by atoms with Crippen LogP contribution in [0.3, 0.4) is 0 Å². The van der Waals surface area contributed by atoms with E-state index in [2.05, 4.69) is 20.9 Å². The largest absolute Gasteiger partial charge is 0.338 e. The number of rotatable bonds is 8. The van der Waals surface area contributed by atoms with Crippen molar-refractivity contribution in [1.29, 1.82) is 0 Å². The predicted molar refractivity (Wildman–Crippen MR) is 180 cm³/mol. The number of benzene rings is 4. The van der Waals surface area contributed by atoms with Gasteiger partial charge in [0.25, 0.3) is 11.8 Å². The molecule has 2 heterocycles. The Bertz CT molecular complexity index is 2380. The van der Waals surface area contributed by atoms with Crippen molar-refractivity contribution >= 4 is 34.6 Å². The lowest BCUT2D eigenvalue weighted by Gasteiger charge is -2.07. The van der Waals surface area contributed by atoms with Crippen molar-refractivity contribution in [1.82, 2.24) is 29.1 Å². The fourth-order valence-electron chi connectivity index (χ4n) is 4.60. The van der Waals surface area contributed by atoms with E-state index in [1.807, 2.05) is 19.9 Å². The fraction of sp³-hybridized carbons (Fsp3) is 0. The van der Waals surface area contributed by atoms with Gasteiger partial charge in [0, 0.05) is 22.5 Å². The van der Waals surface area contributed by atoms with Crippen LogP contribution in [0.4, 0.5) is 22.7 Å². The molecule has 0 saturated heterocycles. The molecule has 2 amide bonds. The molecule has 0 fully saturated rings. The molecule has 6 aromatic rings. The molecule has 18 nitrogen and oxygen atoms in total. The molecular formula is C32H22N10O8. The van der Waals surface area contributed by atoms with Crippen LogP contribution >= 0.6 is 0 Å². The Morgan fingerprint density at radius 3 is 1.04 bits per heavy atom. The van der Waals surface area contributed by atoms with Crippen LogP contribution in [0.25, 0.3) is 11.4 Å². The van der Waals surface area contributed by atoms with E-state index in [1.165, 1.54) is 48.5 Å². The lowest BCUT2D eigenvalue weighted by atomic mass is 10.2. The second-order valence-corrected chi connectivity index (χ2v) is 10.3. The van der Waals surface area contributed by atoms with E-state index in [9.17, 15) is 38.4 Å². The number of carbonyl (C=O) groups is 2. The summed E-state index contributed by atoms with van der Waals surface area (Å²) in [7, 11) is 0. The first-order chi connectivity index (χ1) is 24.0. The summed E-state index contributed by atoms with van der Waals surface area (Å²) in [5.41, 5.74) is -2.75. The molecule has 2 aromatic heterocycles. The summed E-state index contributed by atoms with van der Waals surface area (Å²) in [6.45, 7) is 0. The summed E-state index contributed by atoms with van der Waals surface area (Å²) >= 11 is 0. The van der Waals surface area contributed by atoms with Gasteiger partial charge >= 0.3 is 34.1 Å². The van der Waals surface area contributed by atoms with Crippen LogP contribution in [-0.2, 0) is 0 Å². The zero-order valence-electron chi connectivity index (χ0n) is 25.3. The molecule has 6 rings (SSSR count). The molecule has 0 unspecified atom stereocenters. The number of hydrogen-bond donors (Lipinski definition) is 6. The number of aromatic nitrogens is 6. The normalized spacial score (nSPS) is 11.0. The van der Waals surface area contributed by atoms with Gasteiger partial charge in [-0.25, -0.2) is 37.9 Å². The average molecular weight is 675 g/mol. The quantitative estimate of drug-likeness (QED) is 0.129. The number of anilines is 2. The fourth-order valence-corrected chi connectivity index (χ4v) is 4.60. The Hall–Kier alpha value is -7.76. The number of aromatic amines is 4. The Morgan fingerprint density at radius 2 is 0.740 bits per heavy atom. The lowest BCUT2D eigenvalue weighted by molar-refractivity contribution is 0.101. The molecule has 0 aliphatic heterocycles. The molecule has 50 heavy (non-hydrogen) atoms. The minimum Gasteiger partial charge on any atom is -0.322 e. The Kier molecular flexibility index (Phi) is 8.71. The van der Waals surface area contributed by atoms with Crippen LogP contribution in [0.5, 0.6) is 0 Å². The van der Waals surface area contributed by atoms with Crippen LogP contribution in [-0.4, -0.2) is 40.9 Å². The highest BCUT2D eigenvalue weighted by molar-refractivity contribution is 6.05. The maximum absolute atomic E-state index is 12.7. The third-order valence-electron chi connectivity index (χ3n) is 7.00. The van der Waals surface area contributed by atoms with Gasteiger partial charge in [0.2, 0.25) is 0 Å². The van der Waals surface area contributed by atoms with Crippen LogP contribution in [0, 0.1) is 0 Å². The van der Waals surface area contributed by atoms with Crippen molar-refractivity contribution in [2.24, 2.45) is 10.2 Å². The topological polar surface area (TPSA) is 258 Å². The molecule has 0 aliphatic rings. The molecule has 248 valence electrons. The summed E-state index contributed by atoms with van der Waals surface area (Å²) in [6.07, 6.45) is 0. The van der Waals surface area contributed by atoms with E-state index in [0.717, 1.165) is 9.13 Å². The zero-order chi connectivity index (χ0) is 35.4. The van der Waals surface area contributed by atoms with Gasteiger partial charge in [0.15, 0.2) is 0 Å². The van der Waals surface area contributed by atoms with E-state index in [1.54, 1.807) is 48.5 Å². The highest BCUT2D eigenvalue weighted by atomic mass is 16.2. The van der Waals surface area contributed by atoms with Crippen LogP contribution < -0.4 is 44.8 Å². The van der Waals surface area contributed by atoms with E-state index in [-0.39, 0.29) is 22.5 Å². The maximum atomic E-state index is 12.7. The van der Waals surface area contributed by atoms with E-state index in [4.69, 9.17) is 0 Å². The number of azo groups is 1. The summed E-state index contributed by atoms with van der Waals surface area (Å²) < 4.78 is 1.45. The first-order valence-electron chi connectivity index (χ1n) is 14.4. The van der Waals surface area contributed by atoms with Gasteiger partial charge in [0.05, 0.1) is 22.7 Å². The lowest BCUT2D eigenvalue weighted by Crippen LogP contribution is -2.42. The van der Waals surface area contributed by atoms with E-state index >= 15 is 0 Å². The van der Waals surface area contributed by atoms with Crippen molar-refractivity contribution in [3.05, 3.63) is 171 Å². The first kappa shape index (κ1) is 32.2. The van der Waals surface area contributed by atoms with Crippen LogP contribution in [0.15, 0.2) is 136 Å². The highest BCUT2D eigenvalue weighted by Crippen LogP contribution is 2.22. The Morgan fingerprint density at radius 1 is 0.440 bits per heavy atom. The van der Waals surface area contributed by atoms with Crippen LogP contribution in [0.2, 0.25) is 0 Å². The van der Waals surface area contributed by atoms with Crippen molar-refractivity contribution < 1.29 is 9.59 Å². The molecular weight excluding hydrogens is 652 g/mol. The van der Waals surface area contributed by atoms with Crippen molar-refractivity contribution in [3.63, 3.8) is 0 Å². The maximum Gasteiger partial charge on any atom is 0.338 e. The number of nitrogens with one attached hydrogen (secondary N) is 6. The smallest absolute Gasteiger partial charge is 0.322 e. The molecule has 0 spiro atoms. The number of hydrogen-bond acceptors (Lipinski definition) is 10. The van der Waals surface area contributed by atoms with Crippen molar-refractivity contribution in [2.45, 2.75) is 0 Å². The third-order valence-corrected chi connectivity index (χ3v) is 7.00. The third kappa shape index (κ3) is 7.13. The van der Waals surface area contributed by atoms with E-state index < -0.39 is 46.0 Å². The van der Waals surface area contributed by atoms with Gasteiger partial charge < -0.3 is 10.6 Å². The van der Waals surface area contributed by atoms with Crippen molar-refractivity contribution in [2.75, 3.05) is 10.6 Å². The molecule has 0 bridgehead atoms. The molecule has 0 radical (unpaired) electrons. The number of H-pyrrole nitrogens is 4. The summed E-state index contributed by atoms with van der Waals surface area (Å²) in [4.78, 5) is 104. The monoisotopic (exact) mass is 674 g/mol. The zero-order valence-corrected chi connectivity index (χ0v) is 25.3. The van der Waals surface area contributed by atoms with Gasteiger partial charge in [0.1, 0.15) is 0 Å². The minimum absolute atomic E-state index is 0.159. The standard InChI is InChI=1S/C32H22N10O8/c43-25(17-1-13-23(14-2-17)41-29(47)35-27(45)36-30(41)48)33-19-5-9-21(10-6-19)39-40-22-11-7-20(8-12-22)34-26(44)18-3-15-24(16-4-18)42-31(49)37-28(46)38-32(42)50/h1-16H,(H,33,43)(H,34,44)(H2,35,36,45,47,48)(H2,37,38,46,49,50)/b40-39+. The molecule has 18 heteroatoms. The van der Waals surface area contributed by atoms with Gasteiger partial charge in [-0.2, -0.15) is 10.2 Å². The summed E-state index contributed by atoms with van der Waals surface area (Å²) in [5, 5.41) is 13.8. The molecule has 0 saturated carbocycles. The van der Waals surface area contributed by atoms with Gasteiger partial charge in [-0.05, 0) is 97.1 Å². The second-order valence-electron chi connectivity index (χ2n) is 10.3. The SMILES string of the molecule is O=C(Nc1ccc(/N=N/c2ccc(NC(=O)c3ccc(-n4c(=O)[nH]c(=O)[nH]c4=O)cc3)cc2)cc1)c1ccc(-n2c(=O)[nH]c(=O)[nH]c2=O)cc1. The Labute approximate surface area is 276 Å². The van der Waals surface area contributed by atoms with Crippen molar-refractivity contribution in [3.8, 4) is 11.4 Å². The number of amides is 2. The Balaban J connectivity index is 1.03. The van der Waals surface area contributed by atoms with Gasteiger partial charge in [-0.15, -0.1) is 0 Å². The molecule has 0 atom stereocenters. The van der Waals surface area contributed by atoms with Gasteiger partial charge in [-0.3, -0.25) is 29.5 Å². The summed E-state index contributed by atoms with van der Waals surface area (Å²) in [6, 6.07) is 24.3. The number of nitrogens with zero attached hydrogens (tertiary/aromatic N) is 4. The number of carbonyl (C=O) groups excluding carboxylic acids is 2.